The van der Waals surface area contributed by atoms with E-state index < -0.39 is 0 Å². The third-order valence-corrected chi connectivity index (χ3v) is 3.57. The molecule has 0 spiro atoms. The second-order valence-electron chi connectivity index (χ2n) is 4.23. The smallest absolute Gasteiger partial charge is 0.164 e. The number of anilines is 1. The monoisotopic (exact) mass is 264 g/mol. The molecule has 1 N–H and O–H groups in total. The Morgan fingerprint density at radius 1 is 1.56 bits per heavy atom. The quantitative estimate of drug-likeness (QED) is 0.840. The van der Waals surface area contributed by atoms with Crippen LogP contribution in [0.25, 0.3) is 0 Å². The van der Waals surface area contributed by atoms with Crippen LogP contribution < -0.4 is 5.32 Å². The van der Waals surface area contributed by atoms with Gasteiger partial charge in [0.25, 0.3) is 0 Å². The fraction of sp³-hybridized carbons (Fsp3) is 0.417. The van der Waals surface area contributed by atoms with Crippen molar-refractivity contribution in [3.05, 3.63) is 29.2 Å². The molecule has 5 nitrogen and oxygen atoms in total. The molecule has 2 rings (SSSR count). The number of carbonyl (C=O) groups is 1. The van der Waals surface area contributed by atoms with Gasteiger partial charge >= 0.3 is 0 Å². The van der Waals surface area contributed by atoms with Gasteiger partial charge in [-0.3, -0.25) is 9.48 Å². The molecule has 0 aliphatic carbocycles. The van der Waals surface area contributed by atoms with E-state index in [2.05, 4.69) is 14.8 Å². The predicted molar refractivity (Wildman–Crippen MR) is 72.3 cm³/mol. The van der Waals surface area contributed by atoms with Crippen molar-refractivity contribution in [3.8, 4) is 0 Å². The normalized spacial score (nSPS) is 10.6. The van der Waals surface area contributed by atoms with E-state index in [1.807, 2.05) is 26.4 Å². The topological polar surface area (TPSA) is 59.8 Å². The van der Waals surface area contributed by atoms with Gasteiger partial charge in [-0.15, -0.1) is 0 Å². The number of aromatic nitrogens is 3. The zero-order valence-corrected chi connectivity index (χ0v) is 11.5. The van der Waals surface area contributed by atoms with E-state index in [1.165, 1.54) is 17.1 Å². The zero-order valence-electron chi connectivity index (χ0n) is 10.7. The highest BCUT2D eigenvalue weighted by Gasteiger charge is 2.14. The number of nitrogens with one attached hydrogen (secondary N) is 1. The minimum absolute atomic E-state index is 0.0603. The van der Waals surface area contributed by atoms with E-state index in [0.717, 1.165) is 23.7 Å². The zero-order chi connectivity index (χ0) is 13.1. The Kier molecular flexibility index (Phi) is 3.76. The molecular weight excluding hydrogens is 248 g/mol. The number of aryl methyl sites for hydroxylation is 2. The van der Waals surface area contributed by atoms with Crippen molar-refractivity contribution in [2.24, 2.45) is 7.05 Å². The van der Waals surface area contributed by atoms with Crippen LogP contribution in [0.3, 0.4) is 0 Å². The molecule has 2 aromatic rings. The first-order valence-corrected chi connectivity index (χ1v) is 6.54. The van der Waals surface area contributed by atoms with Crippen LogP contribution in [0.2, 0.25) is 0 Å². The van der Waals surface area contributed by atoms with Crippen LogP contribution in [-0.2, 0) is 13.5 Å². The van der Waals surface area contributed by atoms with Crippen molar-refractivity contribution in [2.45, 2.75) is 20.3 Å². The Bertz CT molecular complexity index is 558. The lowest BCUT2D eigenvalue weighted by molar-refractivity contribution is 0.101. The Labute approximate surface area is 110 Å². The highest BCUT2D eigenvalue weighted by atomic mass is 32.1. The molecule has 2 aromatic heterocycles. The average molecular weight is 264 g/mol. The van der Waals surface area contributed by atoms with Crippen molar-refractivity contribution in [1.82, 2.24) is 14.2 Å². The van der Waals surface area contributed by atoms with Crippen molar-refractivity contribution in [3.63, 3.8) is 0 Å². The molecule has 0 bridgehead atoms. The van der Waals surface area contributed by atoms with Gasteiger partial charge in [0.05, 0.1) is 17.5 Å². The molecule has 6 heteroatoms. The molecule has 0 unspecified atom stereocenters. The Morgan fingerprint density at radius 2 is 2.33 bits per heavy atom. The number of hydrogen-bond acceptors (Lipinski definition) is 5. The lowest BCUT2D eigenvalue weighted by Gasteiger charge is -2.04. The van der Waals surface area contributed by atoms with Gasteiger partial charge < -0.3 is 5.32 Å². The number of rotatable bonds is 5. The molecule has 0 saturated heterocycles. The average Bonchev–Trinajstić information content (AvgIpc) is 2.86. The fourth-order valence-corrected chi connectivity index (χ4v) is 2.70. The van der Waals surface area contributed by atoms with E-state index in [1.54, 1.807) is 11.6 Å². The highest BCUT2D eigenvalue weighted by Crippen LogP contribution is 2.24. The number of carbonyl (C=O) groups excluding carboxylic acids is 1. The Morgan fingerprint density at radius 3 is 2.94 bits per heavy atom. The van der Waals surface area contributed by atoms with Gasteiger partial charge in [0.2, 0.25) is 0 Å². The molecule has 96 valence electrons. The Balaban J connectivity index is 1.96. The molecule has 0 amide bonds. The van der Waals surface area contributed by atoms with Gasteiger partial charge in [-0.25, -0.2) is 0 Å². The van der Waals surface area contributed by atoms with Crippen LogP contribution in [0.15, 0.2) is 12.4 Å². The maximum absolute atomic E-state index is 11.5. The van der Waals surface area contributed by atoms with E-state index in [-0.39, 0.29) is 5.78 Å². The largest absolute Gasteiger partial charge is 0.375 e. The van der Waals surface area contributed by atoms with Gasteiger partial charge in [-0.2, -0.15) is 9.47 Å². The minimum Gasteiger partial charge on any atom is -0.375 e. The molecule has 0 aliphatic rings. The summed E-state index contributed by atoms with van der Waals surface area (Å²) in [6.45, 7) is 4.20. The summed E-state index contributed by atoms with van der Waals surface area (Å²) in [5, 5.41) is 8.25. The summed E-state index contributed by atoms with van der Waals surface area (Å²) in [7, 11) is 1.90. The maximum atomic E-state index is 11.5. The molecule has 0 saturated carbocycles. The van der Waals surface area contributed by atoms with Crippen LogP contribution >= 0.6 is 11.5 Å². The first-order chi connectivity index (χ1) is 8.58. The van der Waals surface area contributed by atoms with Gasteiger partial charge in [-0.05, 0) is 37.4 Å². The van der Waals surface area contributed by atoms with E-state index in [4.69, 9.17) is 0 Å². The van der Waals surface area contributed by atoms with Crippen molar-refractivity contribution < 1.29 is 4.79 Å². The summed E-state index contributed by atoms with van der Waals surface area (Å²) in [5.74, 6) is 0.0603. The number of Topliss-reactive ketones (excluding diaryl/α,β-unsaturated/α-hetero) is 1. The summed E-state index contributed by atoms with van der Waals surface area (Å²) in [5.41, 5.74) is 2.69. The van der Waals surface area contributed by atoms with Gasteiger partial charge in [0, 0.05) is 19.8 Å². The first-order valence-electron chi connectivity index (χ1n) is 5.76. The highest BCUT2D eigenvalue weighted by molar-refractivity contribution is 7.10. The second kappa shape index (κ2) is 5.30. The van der Waals surface area contributed by atoms with Gasteiger partial charge in [0.15, 0.2) is 5.78 Å². The molecule has 0 aromatic carbocycles. The molecule has 0 atom stereocenters. The number of nitrogens with zero attached hydrogens (tertiary/aromatic N) is 3. The van der Waals surface area contributed by atoms with Crippen molar-refractivity contribution in [1.29, 1.82) is 0 Å². The number of hydrogen-bond donors (Lipinski definition) is 1. The molecule has 0 fully saturated rings. The molecule has 0 aliphatic heterocycles. The lowest BCUT2D eigenvalue weighted by Crippen LogP contribution is -2.06. The lowest BCUT2D eigenvalue weighted by atomic mass is 10.2. The fourth-order valence-electron chi connectivity index (χ4n) is 1.83. The molecule has 18 heavy (non-hydrogen) atoms. The van der Waals surface area contributed by atoms with Crippen molar-refractivity contribution in [2.75, 3.05) is 11.9 Å². The molecule has 0 radical (unpaired) electrons. The number of ketones is 1. The van der Waals surface area contributed by atoms with E-state index in [9.17, 15) is 4.79 Å². The third-order valence-electron chi connectivity index (χ3n) is 2.67. The van der Waals surface area contributed by atoms with Crippen molar-refractivity contribution >= 4 is 22.3 Å². The summed E-state index contributed by atoms with van der Waals surface area (Å²) in [4.78, 5) is 11.5. The molecule has 2 heterocycles. The van der Waals surface area contributed by atoms with Gasteiger partial charge in [0.1, 0.15) is 5.00 Å². The second-order valence-corrected chi connectivity index (χ2v) is 5.00. The third kappa shape index (κ3) is 2.76. The minimum atomic E-state index is 0.0603. The standard InChI is InChI=1S/C12H16N4OS/c1-8-11(9(2)17)12(18-15-8)13-5-4-10-6-14-16(3)7-10/h6-7,13H,4-5H2,1-3H3. The SMILES string of the molecule is CC(=O)c1c(C)nsc1NCCc1cnn(C)c1. The Hall–Kier alpha value is -1.69. The molecular formula is C12H16N4OS. The van der Waals surface area contributed by atoms with Gasteiger partial charge in [-0.1, -0.05) is 0 Å². The summed E-state index contributed by atoms with van der Waals surface area (Å²) >= 11 is 1.34. The van der Waals surface area contributed by atoms with Crippen LogP contribution in [0.4, 0.5) is 5.00 Å². The summed E-state index contributed by atoms with van der Waals surface area (Å²) in [6, 6.07) is 0. The first kappa shape index (κ1) is 12.8. The van der Waals surface area contributed by atoms with Crippen LogP contribution in [0, 0.1) is 6.92 Å². The summed E-state index contributed by atoms with van der Waals surface area (Å²) < 4.78 is 5.99. The maximum Gasteiger partial charge on any atom is 0.164 e. The summed E-state index contributed by atoms with van der Waals surface area (Å²) in [6.07, 6.45) is 4.72. The van der Waals surface area contributed by atoms with E-state index in [0.29, 0.717) is 5.56 Å². The van der Waals surface area contributed by atoms with E-state index >= 15 is 0 Å². The van der Waals surface area contributed by atoms with Crippen LogP contribution in [0.1, 0.15) is 28.5 Å². The van der Waals surface area contributed by atoms with Crippen LogP contribution in [0.5, 0.6) is 0 Å². The van der Waals surface area contributed by atoms with Crippen LogP contribution in [-0.4, -0.2) is 26.5 Å². The predicted octanol–water partition coefficient (Wildman–Crippen LogP) is 2.04.